The molecule has 0 spiro atoms. The van der Waals surface area contributed by atoms with Crippen molar-refractivity contribution in [2.24, 2.45) is 11.8 Å². The van der Waals surface area contributed by atoms with Gasteiger partial charge in [0.05, 0.1) is 13.0 Å². The van der Waals surface area contributed by atoms with E-state index in [0.717, 1.165) is 0 Å². The van der Waals surface area contributed by atoms with Crippen LogP contribution in [0.1, 0.15) is 44.6 Å². The second kappa shape index (κ2) is 10.9. The average Bonchev–Trinajstić information content (AvgIpc) is 3.09. The Labute approximate surface area is 187 Å². The van der Waals surface area contributed by atoms with Crippen molar-refractivity contribution >= 4 is 27.9 Å². The van der Waals surface area contributed by atoms with Crippen LogP contribution in [0.4, 0.5) is 0 Å². The van der Waals surface area contributed by atoms with Crippen LogP contribution in [0.15, 0.2) is 9.42 Å². The Morgan fingerprint density at radius 2 is 1.97 bits per heavy atom. The molecule has 0 saturated carbocycles. The summed E-state index contributed by atoms with van der Waals surface area (Å²) in [5.74, 6) is -2.27. The Kier molecular flexibility index (Phi) is 8.79. The van der Waals surface area contributed by atoms with Gasteiger partial charge in [-0.1, -0.05) is 19.0 Å². The molecule has 11 nitrogen and oxygen atoms in total. The van der Waals surface area contributed by atoms with E-state index in [-0.39, 0.29) is 35.4 Å². The van der Waals surface area contributed by atoms with Gasteiger partial charge in [-0.2, -0.15) is 4.31 Å². The van der Waals surface area contributed by atoms with Crippen LogP contribution in [-0.4, -0.2) is 68.6 Å². The SMILES string of the molecule is COC(=O)C(CC(C)C)NC(=O)COC(=O)C1CCCN(S(=O)(=O)c2c(C)noc2C)C1. The highest BCUT2D eigenvalue weighted by Gasteiger charge is 2.37. The van der Waals surface area contributed by atoms with E-state index in [2.05, 4.69) is 10.5 Å². The molecule has 0 aliphatic carbocycles. The third-order valence-electron chi connectivity index (χ3n) is 5.16. The van der Waals surface area contributed by atoms with Crippen LogP contribution in [0, 0.1) is 25.7 Å². The highest BCUT2D eigenvalue weighted by molar-refractivity contribution is 7.89. The number of rotatable bonds is 9. The van der Waals surface area contributed by atoms with Gasteiger partial charge in [-0.3, -0.25) is 9.59 Å². The molecular weight excluding hydrogens is 442 g/mol. The number of methoxy groups -OCH3 is 1. The van der Waals surface area contributed by atoms with Gasteiger partial charge < -0.3 is 19.3 Å². The normalized spacial score (nSPS) is 18.2. The van der Waals surface area contributed by atoms with E-state index in [4.69, 9.17) is 14.0 Å². The first kappa shape index (κ1) is 25.8. The molecule has 2 atom stereocenters. The Hall–Kier alpha value is -2.47. The standard InChI is InChI=1S/C20H31N3O8S/c1-12(2)9-16(20(26)29-5)21-17(24)11-30-19(25)15-7-6-8-23(10-15)32(27,28)18-13(3)22-31-14(18)4/h12,15-16H,6-11H2,1-5H3,(H,21,24). The molecule has 2 rings (SSSR count). The van der Waals surface area contributed by atoms with Gasteiger partial charge in [-0.15, -0.1) is 0 Å². The van der Waals surface area contributed by atoms with Crippen molar-refractivity contribution in [3.8, 4) is 0 Å². The fraction of sp³-hybridized carbons (Fsp3) is 0.700. The van der Waals surface area contributed by atoms with E-state index in [1.165, 1.54) is 18.3 Å². The highest BCUT2D eigenvalue weighted by atomic mass is 32.2. The summed E-state index contributed by atoms with van der Waals surface area (Å²) in [7, 11) is -2.65. The van der Waals surface area contributed by atoms with Crippen molar-refractivity contribution in [2.45, 2.75) is 57.9 Å². The van der Waals surface area contributed by atoms with Crippen LogP contribution in [0.5, 0.6) is 0 Å². The number of aryl methyl sites for hydroxylation is 2. The second-order valence-electron chi connectivity index (χ2n) is 8.24. The summed E-state index contributed by atoms with van der Waals surface area (Å²) in [6, 6.07) is -0.837. The zero-order valence-corrected chi connectivity index (χ0v) is 19.9. The largest absolute Gasteiger partial charge is 0.467 e. The number of piperidine rings is 1. The number of carbonyl (C=O) groups is 3. The van der Waals surface area contributed by atoms with E-state index in [9.17, 15) is 22.8 Å². The zero-order chi connectivity index (χ0) is 24.1. The van der Waals surface area contributed by atoms with Crippen LogP contribution in [0.25, 0.3) is 0 Å². The van der Waals surface area contributed by atoms with Crippen LogP contribution >= 0.6 is 0 Å². The molecule has 1 fully saturated rings. The first-order valence-corrected chi connectivity index (χ1v) is 11.9. The molecule has 0 radical (unpaired) electrons. The van der Waals surface area contributed by atoms with Crippen molar-refractivity contribution in [1.82, 2.24) is 14.8 Å². The number of amides is 1. The van der Waals surface area contributed by atoms with Gasteiger partial charge in [-0.25, -0.2) is 13.2 Å². The Morgan fingerprint density at radius 1 is 1.28 bits per heavy atom. The molecule has 32 heavy (non-hydrogen) atoms. The molecule has 1 aliphatic rings. The van der Waals surface area contributed by atoms with Gasteiger partial charge in [0.15, 0.2) is 12.4 Å². The summed E-state index contributed by atoms with van der Waals surface area (Å²) < 4.78 is 42.0. The van der Waals surface area contributed by atoms with Gasteiger partial charge in [0.2, 0.25) is 10.0 Å². The molecule has 2 unspecified atom stereocenters. The second-order valence-corrected chi connectivity index (χ2v) is 10.1. The first-order valence-electron chi connectivity index (χ1n) is 10.4. The number of nitrogens with one attached hydrogen (secondary N) is 1. The predicted molar refractivity (Wildman–Crippen MR) is 112 cm³/mol. The van der Waals surface area contributed by atoms with Crippen molar-refractivity contribution < 1.29 is 36.8 Å². The molecule has 1 saturated heterocycles. The Morgan fingerprint density at radius 3 is 2.53 bits per heavy atom. The van der Waals surface area contributed by atoms with Gasteiger partial charge in [-0.05, 0) is 39.0 Å². The summed E-state index contributed by atoms with van der Waals surface area (Å²) in [5.41, 5.74) is 0.255. The lowest BCUT2D eigenvalue weighted by molar-refractivity contribution is -0.154. The van der Waals surface area contributed by atoms with Crippen molar-refractivity contribution in [3.63, 3.8) is 0 Å². The molecule has 0 bridgehead atoms. The summed E-state index contributed by atoms with van der Waals surface area (Å²) in [6.45, 7) is 6.47. The first-order chi connectivity index (χ1) is 15.0. The molecule has 180 valence electrons. The molecule has 2 heterocycles. The Balaban J connectivity index is 1.96. The third-order valence-corrected chi connectivity index (χ3v) is 7.27. The maximum Gasteiger partial charge on any atom is 0.328 e. The van der Waals surface area contributed by atoms with Crippen LogP contribution in [-0.2, 0) is 33.9 Å². The van der Waals surface area contributed by atoms with E-state index < -0.39 is 46.4 Å². The highest BCUT2D eigenvalue weighted by Crippen LogP contribution is 2.28. The van der Waals surface area contributed by atoms with Crippen LogP contribution in [0.3, 0.4) is 0 Å². The Bertz CT molecular complexity index is 921. The summed E-state index contributed by atoms with van der Waals surface area (Å²) in [4.78, 5) is 36.5. The lowest BCUT2D eigenvalue weighted by Crippen LogP contribution is -2.45. The third kappa shape index (κ3) is 6.28. The van der Waals surface area contributed by atoms with E-state index >= 15 is 0 Å². The number of hydrogen-bond acceptors (Lipinski definition) is 9. The number of hydrogen-bond donors (Lipinski definition) is 1. The fourth-order valence-corrected chi connectivity index (χ4v) is 5.46. The molecule has 1 aromatic rings. The van der Waals surface area contributed by atoms with E-state index in [1.54, 1.807) is 6.92 Å². The fourth-order valence-electron chi connectivity index (χ4n) is 3.64. The maximum absolute atomic E-state index is 13.0. The number of nitrogens with zero attached hydrogens (tertiary/aromatic N) is 2. The summed E-state index contributed by atoms with van der Waals surface area (Å²) in [5, 5.41) is 6.20. The van der Waals surface area contributed by atoms with Gasteiger partial charge in [0.1, 0.15) is 16.6 Å². The van der Waals surface area contributed by atoms with E-state index in [0.29, 0.717) is 19.3 Å². The lowest BCUT2D eigenvalue weighted by atomic mass is 10.00. The smallest absolute Gasteiger partial charge is 0.328 e. The number of ether oxygens (including phenoxy) is 2. The maximum atomic E-state index is 13.0. The molecule has 1 aliphatic heterocycles. The quantitative estimate of drug-likeness (QED) is 0.518. The molecule has 0 aromatic carbocycles. The van der Waals surface area contributed by atoms with Crippen LogP contribution in [0.2, 0.25) is 0 Å². The molecular formula is C20H31N3O8S. The number of aromatic nitrogens is 1. The predicted octanol–water partition coefficient (Wildman–Crippen LogP) is 0.939. The van der Waals surface area contributed by atoms with Crippen LogP contribution < -0.4 is 5.32 Å². The van der Waals surface area contributed by atoms with Gasteiger partial charge in [0, 0.05) is 13.1 Å². The molecule has 1 amide bonds. The van der Waals surface area contributed by atoms with Crippen molar-refractivity contribution in [1.29, 1.82) is 0 Å². The lowest BCUT2D eigenvalue weighted by Gasteiger charge is -2.30. The molecule has 12 heteroatoms. The minimum atomic E-state index is -3.88. The number of sulfonamides is 1. The minimum absolute atomic E-state index is 0.00454. The van der Waals surface area contributed by atoms with Gasteiger partial charge >= 0.3 is 11.9 Å². The topological polar surface area (TPSA) is 145 Å². The summed E-state index contributed by atoms with van der Waals surface area (Å²) in [6.07, 6.45) is 1.28. The monoisotopic (exact) mass is 473 g/mol. The van der Waals surface area contributed by atoms with E-state index in [1.807, 2.05) is 13.8 Å². The minimum Gasteiger partial charge on any atom is -0.467 e. The van der Waals surface area contributed by atoms with Crippen molar-refractivity contribution in [3.05, 3.63) is 11.5 Å². The van der Waals surface area contributed by atoms with Crippen molar-refractivity contribution in [2.75, 3.05) is 26.8 Å². The molecule has 1 N–H and O–H groups in total. The number of esters is 2. The summed E-state index contributed by atoms with van der Waals surface area (Å²) >= 11 is 0. The number of carbonyl (C=O) groups excluding carboxylic acids is 3. The van der Waals surface area contributed by atoms with Gasteiger partial charge in [0.25, 0.3) is 5.91 Å². The average molecular weight is 474 g/mol. The zero-order valence-electron chi connectivity index (χ0n) is 19.0. The molecule has 1 aromatic heterocycles.